The average molecular weight is 467 g/mol. The molecule has 0 spiro atoms. The molecule has 1 aliphatic carbocycles. The lowest BCUT2D eigenvalue weighted by Gasteiger charge is -2.29. The Balaban J connectivity index is 1.38. The van der Waals surface area contributed by atoms with E-state index in [9.17, 15) is 19.5 Å². The summed E-state index contributed by atoms with van der Waals surface area (Å²) in [5.41, 5.74) is 3.83. The third kappa shape index (κ3) is 4.77. The molecule has 0 radical (unpaired) electrons. The van der Waals surface area contributed by atoms with E-state index in [1.54, 1.807) is 20.8 Å². The second-order valence-corrected chi connectivity index (χ2v) is 9.87. The molecule has 0 bridgehead atoms. The van der Waals surface area contributed by atoms with Crippen LogP contribution in [-0.4, -0.2) is 55.0 Å². The predicted octanol–water partition coefficient (Wildman–Crippen LogP) is 3.16. The van der Waals surface area contributed by atoms with Crippen LogP contribution in [0.5, 0.6) is 0 Å². The summed E-state index contributed by atoms with van der Waals surface area (Å²) < 4.78 is 11.0. The summed E-state index contributed by atoms with van der Waals surface area (Å²) >= 11 is 0. The fourth-order valence-electron chi connectivity index (χ4n) is 4.64. The highest BCUT2D eigenvalue weighted by atomic mass is 16.5. The van der Waals surface area contributed by atoms with Crippen molar-refractivity contribution in [3.8, 4) is 11.1 Å². The number of amides is 2. The molecule has 2 aliphatic rings. The smallest absolute Gasteiger partial charge is 0.407 e. The van der Waals surface area contributed by atoms with E-state index in [1.807, 2.05) is 36.4 Å². The van der Waals surface area contributed by atoms with E-state index in [0.29, 0.717) is 0 Å². The first-order valence-corrected chi connectivity index (χ1v) is 11.4. The van der Waals surface area contributed by atoms with Gasteiger partial charge in [0.05, 0.1) is 25.2 Å². The van der Waals surface area contributed by atoms with Gasteiger partial charge in [0, 0.05) is 5.92 Å². The number of hydrogen-bond acceptors (Lipinski definition) is 5. The molecule has 1 saturated heterocycles. The molecule has 8 nitrogen and oxygen atoms in total. The summed E-state index contributed by atoms with van der Waals surface area (Å²) in [4.78, 5) is 37.0. The number of carboxylic acids is 1. The Morgan fingerprint density at radius 3 is 2.18 bits per heavy atom. The van der Waals surface area contributed by atoms with E-state index in [-0.39, 0.29) is 25.7 Å². The largest absolute Gasteiger partial charge is 0.480 e. The van der Waals surface area contributed by atoms with Crippen LogP contribution in [0.1, 0.15) is 37.8 Å². The van der Waals surface area contributed by atoms with Crippen molar-refractivity contribution in [2.45, 2.75) is 38.8 Å². The number of aliphatic carboxylic acids is 1. The van der Waals surface area contributed by atoms with Gasteiger partial charge in [0.25, 0.3) is 0 Å². The molecule has 180 valence electrons. The van der Waals surface area contributed by atoms with Gasteiger partial charge in [0.15, 0.2) is 0 Å². The van der Waals surface area contributed by atoms with E-state index < -0.39 is 41.4 Å². The Hall–Kier alpha value is -3.39. The van der Waals surface area contributed by atoms with Gasteiger partial charge in [0.2, 0.25) is 5.91 Å². The van der Waals surface area contributed by atoms with Gasteiger partial charge < -0.3 is 25.2 Å². The summed E-state index contributed by atoms with van der Waals surface area (Å²) in [6.07, 6.45) is -0.638. The first-order chi connectivity index (χ1) is 16.2. The lowest BCUT2D eigenvalue weighted by atomic mass is 9.86. The van der Waals surface area contributed by atoms with E-state index in [0.717, 1.165) is 22.3 Å². The third-order valence-electron chi connectivity index (χ3n) is 6.46. The monoisotopic (exact) mass is 466 g/mol. The Kier molecular flexibility index (Phi) is 6.61. The van der Waals surface area contributed by atoms with Crippen molar-refractivity contribution in [2.75, 3.05) is 19.8 Å². The summed E-state index contributed by atoms with van der Waals surface area (Å²) in [6.45, 7) is 5.62. The van der Waals surface area contributed by atoms with Crippen molar-refractivity contribution in [3.63, 3.8) is 0 Å². The van der Waals surface area contributed by atoms with Crippen molar-refractivity contribution in [2.24, 2.45) is 11.3 Å². The van der Waals surface area contributed by atoms with E-state index in [2.05, 4.69) is 22.8 Å². The Morgan fingerprint density at radius 2 is 1.62 bits per heavy atom. The molecule has 8 heteroatoms. The average Bonchev–Trinajstić information content (AvgIpc) is 3.37. The van der Waals surface area contributed by atoms with Crippen molar-refractivity contribution in [3.05, 3.63) is 59.7 Å². The zero-order valence-corrected chi connectivity index (χ0v) is 19.5. The molecular formula is C26H30N2O6. The van der Waals surface area contributed by atoms with Gasteiger partial charge in [-0.3, -0.25) is 4.79 Å². The van der Waals surface area contributed by atoms with E-state index >= 15 is 0 Å². The minimum atomic E-state index is -1.11. The highest BCUT2D eigenvalue weighted by molar-refractivity contribution is 5.86. The van der Waals surface area contributed by atoms with Crippen molar-refractivity contribution in [1.29, 1.82) is 0 Å². The van der Waals surface area contributed by atoms with E-state index in [4.69, 9.17) is 9.47 Å². The molecule has 3 N–H and O–H groups in total. The molecule has 2 aromatic rings. The highest BCUT2D eigenvalue weighted by Gasteiger charge is 2.40. The van der Waals surface area contributed by atoms with Gasteiger partial charge in [-0.15, -0.1) is 0 Å². The number of benzene rings is 2. The molecule has 1 fully saturated rings. The van der Waals surface area contributed by atoms with Crippen LogP contribution in [0.4, 0.5) is 4.79 Å². The first kappa shape index (κ1) is 23.8. The molecule has 3 unspecified atom stereocenters. The van der Waals surface area contributed by atoms with Crippen LogP contribution >= 0.6 is 0 Å². The minimum absolute atomic E-state index is 0.0693. The summed E-state index contributed by atoms with van der Waals surface area (Å²) in [5.74, 6) is -2.35. The number of hydrogen-bond donors (Lipinski definition) is 3. The molecule has 0 aromatic heterocycles. The molecular weight excluding hydrogens is 436 g/mol. The predicted molar refractivity (Wildman–Crippen MR) is 125 cm³/mol. The van der Waals surface area contributed by atoms with Crippen molar-refractivity contribution < 1.29 is 29.0 Å². The second kappa shape index (κ2) is 9.46. The van der Waals surface area contributed by atoms with Crippen LogP contribution in [-0.2, 0) is 19.1 Å². The molecule has 1 heterocycles. The van der Waals surface area contributed by atoms with Crippen LogP contribution in [0.25, 0.3) is 11.1 Å². The molecule has 1 aliphatic heterocycles. The van der Waals surface area contributed by atoms with Gasteiger partial charge in [0.1, 0.15) is 12.6 Å². The third-order valence-corrected chi connectivity index (χ3v) is 6.46. The quantitative estimate of drug-likeness (QED) is 0.603. The van der Waals surface area contributed by atoms with Crippen LogP contribution in [0.15, 0.2) is 48.5 Å². The maximum Gasteiger partial charge on any atom is 0.407 e. The number of ether oxygens (including phenoxy) is 2. The lowest BCUT2D eigenvalue weighted by Crippen LogP contribution is -2.54. The highest BCUT2D eigenvalue weighted by Crippen LogP contribution is 2.44. The molecule has 0 saturated carbocycles. The number of carbonyl (C=O) groups is 3. The summed E-state index contributed by atoms with van der Waals surface area (Å²) in [6, 6.07) is 14.5. The SMILES string of the molecule is CC(C)(C)C(NC(=O)C1COCC1NC(=O)OCC1c2ccccc2-c2ccccc21)C(=O)O. The van der Waals surface area contributed by atoms with Gasteiger partial charge in [-0.25, -0.2) is 9.59 Å². The maximum absolute atomic E-state index is 12.8. The fraction of sp³-hybridized carbons (Fsp3) is 0.423. The normalized spacial score (nSPS) is 20.2. The number of nitrogens with one attached hydrogen (secondary N) is 2. The zero-order chi connectivity index (χ0) is 24.5. The number of rotatable bonds is 6. The van der Waals surface area contributed by atoms with Crippen LogP contribution in [0.3, 0.4) is 0 Å². The Bertz CT molecular complexity index is 1050. The van der Waals surface area contributed by atoms with Gasteiger partial charge in [-0.2, -0.15) is 0 Å². The number of carbonyl (C=O) groups excluding carboxylic acids is 2. The van der Waals surface area contributed by atoms with Crippen molar-refractivity contribution >= 4 is 18.0 Å². The molecule has 3 atom stereocenters. The zero-order valence-electron chi connectivity index (χ0n) is 19.5. The second-order valence-electron chi connectivity index (χ2n) is 9.87. The minimum Gasteiger partial charge on any atom is -0.480 e. The van der Waals surface area contributed by atoms with E-state index in [1.165, 1.54) is 0 Å². The number of fused-ring (bicyclic) bond motifs is 3. The van der Waals surface area contributed by atoms with Crippen LogP contribution in [0.2, 0.25) is 0 Å². The Labute approximate surface area is 198 Å². The molecule has 4 rings (SSSR count). The number of carboxylic acid groups (broad SMARTS) is 1. The van der Waals surface area contributed by atoms with Gasteiger partial charge in [-0.1, -0.05) is 69.3 Å². The standard InChI is InChI=1S/C26H30N2O6/c1-26(2,3)22(24(30)31)28-23(29)20-12-33-14-21(20)27-25(32)34-13-19-17-10-6-4-8-15(17)16-9-5-7-11-18(16)19/h4-11,19-22H,12-14H2,1-3H3,(H,27,32)(H,28,29)(H,30,31). The van der Waals surface area contributed by atoms with Crippen LogP contribution < -0.4 is 10.6 Å². The summed E-state index contributed by atoms with van der Waals surface area (Å²) in [5, 5.41) is 14.8. The maximum atomic E-state index is 12.8. The van der Waals surface area contributed by atoms with Crippen molar-refractivity contribution in [1.82, 2.24) is 10.6 Å². The number of alkyl carbamates (subject to hydrolysis) is 1. The Morgan fingerprint density at radius 1 is 1.03 bits per heavy atom. The van der Waals surface area contributed by atoms with Gasteiger partial charge in [-0.05, 0) is 27.7 Å². The first-order valence-electron chi connectivity index (χ1n) is 11.4. The fourth-order valence-corrected chi connectivity index (χ4v) is 4.64. The topological polar surface area (TPSA) is 114 Å². The molecule has 2 aromatic carbocycles. The van der Waals surface area contributed by atoms with Crippen LogP contribution in [0, 0.1) is 11.3 Å². The lowest BCUT2D eigenvalue weighted by molar-refractivity contribution is -0.145. The molecule has 2 amide bonds. The summed E-state index contributed by atoms with van der Waals surface area (Å²) in [7, 11) is 0. The van der Waals surface area contributed by atoms with Gasteiger partial charge >= 0.3 is 12.1 Å². The molecule has 34 heavy (non-hydrogen) atoms.